The molecule has 0 amide bonds. The number of rotatable bonds is 3. The number of Topliss-reactive ketones (excluding diaryl/α,β-unsaturated/α-hetero) is 1. The van der Waals surface area contributed by atoms with Gasteiger partial charge in [-0.2, -0.15) is 0 Å². The Balaban J connectivity index is 2.11. The second-order valence-electron chi connectivity index (χ2n) is 4.96. The van der Waals surface area contributed by atoms with E-state index in [4.69, 9.17) is 9.47 Å². The molecule has 2 rings (SSSR count). The second kappa shape index (κ2) is 4.74. The Bertz CT molecular complexity index is 327. The molecule has 0 aromatic carbocycles. The summed E-state index contributed by atoms with van der Waals surface area (Å²) in [6, 6.07) is 0. The van der Waals surface area contributed by atoms with Crippen molar-refractivity contribution in [2.45, 2.75) is 44.8 Å². The Kier molecular flexibility index (Phi) is 3.49. The molecule has 0 radical (unpaired) electrons. The third kappa shape index (κ3) is 2.35. The fraction of sp³-hybridized carbons (Fsp3) is 0.833. The second-order valence-corrected chi connectivity index (χ2v) is 4.96. The predicted molar refractivity (Wildman–Crippen MR) is 58.7 cm³/mol. The Morgan fingerprint density at radius 3 is 2.82 bits per heavy atom. The molecular formula is C12H18O5. The molecule has 0 aromatic rings. The van der Waals surface area contributed by atoms with Gasteiger partial charge in [-0.1, -0.05) is 0 Å². The Labute approximate surface area is 100 Å². The molecule has 1 N–H and O–H groups in total. The molecule has 2 heterocycles. The number of carbonyl (C=O) groups is 2. The molecule has 0 spiro atoms. The van der Waals surface area contributed by atoms with Crippen LogP contribution in [0.2, 0.25) is 0 Å². The summed E-state index contributed by atoms with van der Waals surface area (Å²) in [6.45, 7) is 2.28. The molecule has 0 aliphatic carbocycles. The zero-order valence-corrected chi connectivity index (χ0v) is 9.98. The van der Waals surface area contributed by atoms with Gasteiger partial charge in [-0.05, 0) is 26.2 Å². The monoisotopic (exact) mass is 242 g/mol. The van der Waals surface area contributed by atoms with E-state index in [0.29, 0.717) is 6.61 Å². The van der Waals surface area contributed by atoms with Gasteiger partial charge >= 0.3 is 5.97 Å². The van der Waals surface area contributed by atoms with Gasteiger partial charge in [0.15, 0.2) is 11.2 Å². The number of hydrogen-bond donors (Lipinski definition) is 1. The summed E-state index contributed by atoms with van der Waals surface area (Å²) >= 11 is 0. The van der Waals surface area contributed by atoms with Crippen molar-refractivity contribution in [2.75, 3.05) is 13.2 Å². The zero-order chi connectivity index (χ0) is 12.5. The molecule has 96 valence electrons. The summed E-state index contributed by atoms with van der Waals surface area (Å²) in [4.78, 5) is 23.3. The van der Waals surface area contributed by atoms with Gasteiger partial charge in [-0.3, -0.25) is 9.59 Å². The maximum atomic E-state index is 11.9. The van der Waals surface area contributed by atoms with Crippen LogP contribution >= 0.6 is 0 Å². The summed E-state index contributed by atoms with van der Waals surface area (Å²) in [5.41, 5.74) is -1.38. The van der Waals surface area contributed by atoms with E-state index in [1.54, 1.807) is 0 Å². The first-order valence-corrected chi connectivity index (χ1v) is 6.04. The lowest BCUT2D eigenvalue weighted by molar-refractivity contribution is -0.168. The molecule has 17 heavy (non-hydrogen) atoms. The van der Waals surface area contributed by atoms with E-state index in [-0.39, 0.29) is 37.4 Å². The summed E-state index contributed by atoms with van der Waals surface area (Å²) in [6.07, 6.45) is 2.20. The van der Waals surface area contributed by atoms with E-state index in [2.05, 4.69) is 0 Å². The number of carboxylic acids is 1. The van der Waals surface area contributed by atoms with Crippen LogP contribution in [0.25, 0.3) is 0 Å². The number of ketones is 1. The Morgan fingerprint density at radius 1 is 1.53 bits per heavy atom. The molecule has 5 nitrogen and oxygen atoms in total. The van der Waals surface area contributed by atoms with Gasteiger partial charge in [0, 0.05) is 6.42 Å². The van der Waals surface area contributed by atoms with Gasteiger partial charge in [0.05, 0.1) is 25.4 Å². The minimum absolute atomic E-state index is 0.0184. The molecule has 2 aliphatic rings. The lowest BCUT2D eigenvalue weighted by Crippen LogP contribution is -2.49. The summed E-state index contributed by atoms with van der Waals surface area (Å²) < 4.78 is 10.8. The van der Waals surface area contributed by atoms with Crippen molar-refractivity contribution in [2.24, 2.45) is 5.41 Å². The van der Waals surface area contributed by atoms with Crippen molar-refractivity contribution in [3.8, 4) is 0 Å². The van der Waals surface area contributed by atoms with Gasteiger partial charge in [-0.25, -0.2) is 0 Å². The van der Waals surface area contributed by atoms with E-state index in [0.717, 1.165) is 12.8 Å². The third-order valence-electron chi connectivity index (χ3n) is 3.66. The highest BCUT2D eigenvalue weighted by Crippen LogP contribution is 2.35. The number of carboxylic acid groups (broad SMARTS) is 1. The van der Waals surface area contributed by atoms with Gasteiger partial charge in [0.2, 0.25) is 0 Å². The highest BCUT2D eigenvalue weighted by atomic mass is 16.5. The lowest BCUT2D eigenvalue weighted by Gasteiger charge is -2.33. The number of aliphatic carboxylic acids is 1. The first-order chi connectivity index (χ1) is 8.04. The maximum absolute atomic E-state index is 11.9. The van der Waals surface area contributed by atoms with Crippen LogP contribution in [0.5, 0.6) is 0 Å². The fourth-order valence-electron chi connectivity index (χ4n) is 2.60. The highest BCUT2D eigenvalue weighted by Gasteiger charge is 2.50. The largest absolute Gasteiger partial charge is 0.480 e. The molecule has 3 unspecified atom stereocenters. The van der Waals surface area contributed by atoms with E-state index >= 15 is 0 Å². The van der Waals surface area contributed by atoms with Crippen molar-refractivity contribution in [1.82, 2.24) is 0 Å². The predicted octanol–water partition coefficient (Wildman–Crippen LogP) is 1.00. The van der Waals surface area contributed by atoms with Crippen LogP contribution in [0.1, 0.15) is 32.6 Å². The molecule has 0 aromatic heterocycles. The molecule has 0 saturated carbocycles. The average molecular weight is 242 g/mol. The van der Waals surface area contributed by atoms with Crippen molar-refractivity contribution < 1.29 is 24.2 Å². The SMILES string of the molecule is CC1CCC(CC2(C(=O)O)COCCC2=O)O1. The van der Waals surface area contributed by atoms with Crippen LogP contribution in [-0.4, -0.2) is 42.3 Å². The lowest BCUT2D eigenvalue weighted by atomic mass is 9.76. The van der Waals surface area contributed by atoms with Gasteiger partial charge in [0.1, 0.15) is 0 Å². The summed E-state index contributed by atoms with van der Waals surface area (Å²) in [5, 5.41) is 9.33. The number of hydrogen-bond acceptors (Lipinski definition) is 4. The molecular weight excluding hydrogens is 224 g/mol. The zero-order valence-electron chi connectivity index (χ0n) is 9.98. The molecule has 3 atom stereocenters. The van der Waals surface area contributed by atoms with Crippen molar-refractivity contribution >= 4 is 11.8 Å². The van der Waals surface area contributed by atoms with Crippen LogP contribution in [0, 0.1) is 5.41 Å². The minimum atomic E-state index is -1.38. The molecule has 0 bridgehead atoms. The van der Waals surface area contributed by atoms with E-state index < -0.39 is 11.4 Å². The topological polar surface area (TPSA) is 72.8 Å². The Morgan fingerprint density at radius 2 is 2.29 bits per heavy atom. The maximum Gasteiger partial charge on any atom is 0.319 e. The normalized spacial score (nSPS) is 38.3. The third-order valence-corrected chi connectivity index (χ3v) is 3.66. The first kappa shape index (κ1) is 12.5. The Hall–Kier alpha value is -0.940. The average Bonchev–Trinajstić information content (AvgIpc) is 2.67. The minimum Gasteiger partial charge on any atom is -0.480 e. The van der Waals surface area contributed by atoms with Gasteiger partial charge < -0.3 is 14.6 Å². The van der Waals surface area contributed by atoms with Gasteiger partial charge in [-0.15, -0.1) is 0 Å². The van der Waals surface area contributed by atoms with Crippen LogP contribution in [0.15, 0.2) is 0 Å². The van der Waals surface area contributed by atoms with Crippen LogP contribution < -0.4 is 0 Å². The van der Waals surface area contributed by atoms with E-state index in [1.807, 2.05) is 6.92 Å². The molecule has 2 aliphatic heterocycles. The van der Waals surface area contributed by atoms with Crippen LogP contribution in [-0.2, 0) is 19.1 Å². The summed E-state index contributed by atoms with van der Waals surface area (Å²) in [5.74, 6) is -1.30. The smallest absolute Gasteiger partial charge is 0.319 e. The quantitative estimate of drug-likeness (QED) is 0.747. The van der Waals surface area contributed by atoms with Crippen LogP contribution in [0.3, 0.4) is 0 Å². The number of carbonyl (C=O) groups excluding carboxylic acids is 1. The summed E-state index contributed by atoms with van der Waals surface area (Å²) in [7, 11) is 0. The highest BCUT2D eigenvalue weighted by molar-refractivity contribution is 6.03. The standard InChI is InChI=1S/C12H18O5/c1-8-2-3-9(17-8)6-12(11(14)15)7-16-5-4-10(12)13/h8-9H,2-7H2,1H3,(H,14,15). The molecule has 5 heteroatoms. The van der Waals surface area contributed by atoms with Gasteiger partial charge in [0.25, 0.3) is 0 Å². The number of ether oxygens (including phenoxy) is 2. The van der Waals surface area contributed by atoms with Crippen molar-refractivity contribution in [3.05, 3.63) is 0 Å². The van der Waals surface area contributed by atoms with E-state index in [9.17, 15) is 14.7 Å². The molecule has 2 fully saturated rings. The fourth-order valence-corrected chi connectivity index (χ4v) is 2.60. The molecule has 2 saturated heterocycles. The van der Waals surface area contributed by atoms with Crippen LogP contribution in [0.4, 0.5) is 0 Å². The van der Waals surface area contributed by atoms with Crippen molar-refractivity contribution in [3.63, 3.8) is 0 Å². The van der Waals surface area contributed by atoms with Crippen molar-refractivity contribution in [1.29, 1.82) is 0 Å². The van der Waals surface area contributed by atoms with E-state index in [1.165, 1.54) is 0 Å². The first-order valence-electron chi connectivity index (χ1n) is 6.04.